The highest BCUT2D eigenvalue weighted by molar-refractivity contribution is 5.87. The molecular formula is C19H26O. The first kappa shape index (κ1) is 12.0. The number of Topliss-reactive ketones (excluding diaryl/α,β-unsaturated/α-hetero) is 1. The van der Waals surface area contributed by atoms with Gasteiger partial charge in [0.2, 0.25) is 0 Å². The maximum atomic E-state index is 12.4. The predicted octanol–water partition coefficient (Wildman–Crippen LogP) is 4.37. The predicted molar refractivity (Wildman–Crippen MR) is 79.1 cm³/mol. The van der Waals surface area contributed by atoms with Crippen LogP contribution < -0.4 is 0 Å². The summed E-state index contributed by atoms with van der Waals surface area (Å²) in [5, 5.41) is 0. The molecule has 20 heavy (non-hydrogen) atoms. The van der Waals surface area contributed by atoms with Crippen LogP contribution in [0.3, 0.4) is 0 Å². The third-order valence-corrected chi connectivity index (χ3v) is 8.70. The van der Waals surface area contributed by atoms with Crippen LogP contribution in [-0.2, 0) is 4.79 Å². The van der Waals surface area contributed by atoms with E-state index in [1.54, 1.807) is 0 Å². The summed E-state index contributed by atoms with van der Waals surface area (Å²) in [6.07, 6.45) is 14.1. The summed E-state index contributed by atoms with van der Waals surface area (Å²) in [7, 11) is 0. The van der Waals surface area contributed by atoms with Gasteiger partial charge in [-0.15, -0.1) is 0 Å². The van der Waals surface area contributed by atoms with Crippen molar-refractivity contribution in [2.45, 2.75) is 58.8 Å². The van der Waals surface area contributed by atoms with Gasteiger partial charge in [0.25, 0.3) is 0 Å². The lowest BCUT2D eigenvalue weighted by Gasteiger charge is -2.55. The Bertz CT molecular complexity index is 534. The molecule has 0 aromatic rings. The van der Waals surface area contributed by atoms with Crippen LogP contribution in [0.25, 0.3) is 0 Å². The molecule has 5 unspecified atom stereocenters. The van der Waals surface area contributed by atoms with Crippen LogP contribution in [0.2, 0.25) is 0 Å². The van der Waals surface area contributed by atoms with Crippen LogP contribution >= 0.6 is 0 Å². The van der Waals surface area contributed by atoms with Crippen molar-refractivity contribution in [2.24, 2.45) is 39.9 Å². The summed E-state index contributed by atoms with van der Waals surface area (Å²) in [6.45, 7) is 4.87. The minimum Gasteiger partial charge on any atom is -0.299 e. The van der Waals surface area contributed by atoms with E-state index in [9.17, 15) is 4.79 Å². The van der Waals surface area contributed by atoms with E-state index in [0.29, 0.717) is 28.4 Å². The highest BCUT2D eigenvalue weighted by Crippen LogP contribution is 2.79. The fraction of sp³-hybridized carbons (Fsp3) is 0.842. The van der Waals surface area contributed by atoms with Crippen molar-refractivity contribution in [3.05, 3.63) is 12.2 Å². The zero-order chi connectivity index (χ0) is 13.8. The number of hydrogen-bond donors (Lipinski definition) is 0. The highest BCUT2D eigenvalue weighted by atomic mass is 16.1. The fourth-order valence-electron chi connectivity index (χ4n) is 7.30. The first-order chi connectivity index (χ1) is 9.51. The van der Waals surface area contributed by atoms with E-state index >= 15 is 0 Å². The van der Waals surface area contributed by atoms with Crippen molar-refractivity contribution in [3.8, 4) is 0 Å². The van der Waals surface area contributed by atoms with Gasteiger partial charge in [-0.3, -0.25) is 4.79 Å². The number of rotatable bonds is 0. The topological polar surface area (TPSA) is 17.1 Å². The second kappa shape index (κ2) is 3.25. The van der Waals surface area contributed by atoms with Crippen LogP contribution in [-0.4, -0.2) is 5.78 Å². The van der Waals surface area contributed by atoms with Crippen LogP contribution in [0.15, 0.2) is 12.2 Å². The molecule has 5 aliphatic rings. The van der Waals surface area contributed by atoms with Gasteiger partial charge in [-0.2, -0.15) is 0 Å². The van der Waals surface area contributed by atoms with E-state index in [4.69, 9.17) is 0 Å². The maximum Gasteiger partial charge on any atom is 0.139 e. The number of ketones is 1. The van der Waals surface area contributed by atoms with Gasteiger partial charge in [0.1, 0.15) is 5.78 Å². The van der Waals surface area contributed by atoms with E-state index in [1.807, 2.05) is 0 Å². The molecule has 108 valence electrons. The molecule has 1 heteroatoms. The SMILES string of the molecule is CC12CCC3C(C=C[C@@]45C[C@H]4CCC35C)C1CCC2=O. The number of allylic oxidation sites excluding steroid dienone is 2. The number of fused-ring (bicyclic) bond motifs is 4. The second-order valence-corrected chi connectivity index (χ2v) is 8.97. The molecule has 0 radical (unpaired) electrons. The Balaban J connectivity index is 1.59. The minimum atomic E-state index is 0.0218. The van der Waals surface area contributed by atoms with E-state index in [2.05, 4.69) is 26.0 Å². The van der Waals surface area contributed by atoms with Gasteiger partial charge >= 0.3 is 0 Å². The smallest absolute Gasteiger partial charge is 0.139 e. The first-order valence-electron chi connectivity index (χ1n) is 8.74. The van der Waals surface area contributed by atoms with Gasteiger partial charge in [0.15, 0.2) is 0 Å². The van der Waals surface area contributed by atoms with Gasteiger partial charge in [0.05, 0.1) is 0 Å². The standard InChI is InChI=1S/C19H26O/c1-17-8-7-15-13(14(17)3-4-16(17)20)6-10-19-11-12(19)5-9-18(15,19)2/h6,10,12-15H,3-5,7-9,11H2,1-2H3/t12-,13?,14?,15?,17?,18?,19-/m1/s1. The molecule has 0 aromatic carbocycles. The zero-order valence-corrected chi connectivity index (χ0v) is 12.8. The Labute approximate surface area is 122 Å². The Hall–Kier alpha value is -0.590. The molecule has 0 heterocycles. The molecule has 0 bridgehead atoms. The molecule has 0 amide bonds. The van der Waals surface area contributed by atoms with E-state index in [1.165, 1.54) is 32.1 Å². The van der Waals surface area contributed by atoms with Crippen molar-refractivity contribution in [3.63, 3.8) is 0 Å². The Morgan fingerprint density at radius 3 is 2.75 bits per heavy atom. The number of carbonyl (C=O) groups is 1. The van der Waals surface area contributed by atoms with Crippen molar-refractivity contribution < 1.29 is 4.79 Å². The molecule has 0 aliphatic heterocycles. The van der Waals surface area contributed by atoms with Gasteiger partial charge in [0, 0.05) is 11.8 Å². The Morgan fingerprint density at radius 1 is 1.10 bits per heavy atom. The Morgan fingerprint density at radius 2 is 1.95 bits per heavy atom. The Kier molecular flexibility index (Phi) is 1.95. The maximum absolute atomic E-state index is 12.4. The molecule has 5 aliphatic carbocycles. The molecule has 5 rings (SSSR count). The van der Waals surface area contributed by atoms with Gasteiger partial charge in [-0.1, -0.05) is 26.0 Å². The van der Waals surface area contributed by atoms with Crippen molar-refractivity contribution in [2.75, 3.05) is 0 Å². The van der Waals surface area contributed by atoms with Crippen LogP contribution in [0.4, 0.5) is 0 Å². The van der Waals surface area contributed by atoms with E-state index in [-0.39, 0.29) is 5.41 Å². The van der Waals surface area contributed by atoms with Crippen LogP contribution in [0.1, 0.15) is 58.8 Å². The number of carbonyl (C=O) groups excluding carboxylic acids is 1. The quantitative estimate of drug-likeness (QED) is 0.597. The van der Waals surface area contributed by atoms with Crippen LogP contribution in [0.5, 0.6) is 0 Å². The van der Waals surface area contributed by atoms with Crippen LogP contribution in [0, 0.1) is 39.9 Å². The molecule has 1 nitrogen and oxygen atoms in total. The van der Waals surface area contributed by atoms with Gasteiger partial charge < -0.3 is 0 Å². The lowest BCUT2D eigenvalue weighted by atomic mass is 9.49. The average Bonchev–Trinajstić information content (AvgIpc) is 2.96. The monoisotopic (exact) mass is 270 g/mol. The summed E-state index contributed by atoms with van der Waals surface area (Å²) < 4.78 is 0. The minimum absolute atomic E-state index is 0.0218. The number of hydrogen-bond acceptors (Lipinski definition) is 1. The second-order valence-electron chi connectivity index (χ2n) is 8.97. The molecule has 4 saturated carbocycles. The summed E-state index contributed by atoms with van der Waals surface area (Å²) in [5.41, 5.74) is 1.17. The third-order valence-electron chi connectivity index (χ3n) is 8.70. The van der Waals surface area contributed by atoms with Crippen molar-refractivity contribution in [1.82, 2.24) is 0 Å². The van der Waals surface area contributed by atoms with Crippen molar-refractivity contribution >= 4 is 5.78 Å². The van der Waals surface area contributed by atoms with E-state index in [0.717, 1.165) is 24.7 Å². The summed E-state index contributed by atoms with van der Waals surface area (Å²) in [5.74, 6) is 3.79. The average molecular weight is 270 g/mol. The third kappa shape index (κ3) is 1.06. The largest absolute Gasteiger partial charge is 0.299 e. The molecule has 0 N–H and O–H groups in total. The highest BCUT2D eigenvalue weighted by Gasteiger charge is 2.72. The lowest BCUT2D eigenvalue weighted by molar-refractivity contribution is -0.131. The molecule has 0 aromatic heterocycles. The van der Waals surface area contributed by atoms with Gasteiger partial charge in [-0.05, 0) is 73.0 Å². The summed E-state index contributed by atoms with van der Waals surface area (Å²) in [4.78, 5) is 12.4. The summed E-state index contributed by atoms with van der Waals surface area (Å²) in [6, 6.07) is 0. The fourth-order valence-corrected chi connectivity index (χ4v) is 7.30. The molecule has 4 fully saturated rings. The lowest BCUT2D eigenvalue weighted by Crippen LogP contribution is -2.50. The molecule has 1 spiro atoms. The van der Waals surface area contributed by atoms with E-state index < -0.39 is 0 Å². The first-order valence-corrected chi connectivity index (χ1v) is 8.74. The normalized spacial score (nSPS) is 62.6. The van der Waals surface area contributed by atoms with Crippen molar-refractivity contribution in [1.29, 1.82) is 0 Å². The van der Waals surface area contributed by atoms with Gasteiger partial charge in [-0.25, -0.2) is 0 Å². The molecular weight excluding hydrogens is 244 g/mol. The zero-order valence-electron chi connectivity index (χ0n) is 12.8. The molecule has 7 atom stereocenters. The molecule has 0 saturated heterocycles. The summed E-state index contributed by atoms with van der Waals surface area (Å²) >= 11 is 0.